The van der Waals surface area contributed by atoms with Crippen LogP contribution in [0.4, 0.5) is 0 Å². The molecule has 3 fully saturated rings. The van der Waals surface area contributed by atoms with Crippen LogP contribution < -0.4 is 10.6 Å². The average Bonchev–Trinajstić information content (AvgIpc) is 3.59. The molecule has 41 heavy (non-hydrogen) atoms. The van der Waals surface area contributed by atoms with E-state index in [1.165, 1.54) is 0 Å². The normalized spacial score (nSPS) is 25.7. The molecule has 10 nitrogen and oxygen atoms in total. The van der Waals surface area contributed by atoms with Crippen LogP contribution in [-0.2, 0) is 19.2 Å². The molecule has 0 aromatic rings. The Bertz CT molecular complexity index is 934. The van der Waals surface area contributed by atoms with Gasteiger partial charge in [-0.1, -0.05) is 41.0 Å². The molecule has 0 bridgehead atoms. The molecule has 2 N–H and O–H groups in total. The molecule has 0 spiro atoms. The van der Waals surface area contributed by atoms with Crippen molar-refractivity contribution in [1.29, 1.82) is 0 Å². The number of rotatable bonds is 10. The second-order valence-corrected chi connectivity index (χ2v) is 13.8. The summed E-state index contributed by atoms with van der Waals surface area (Å²) in [4.78, 5) is 61.7. The van der Waals surface area contributed by atoms with Gasteiger partial charge in [-0.2, -0.15) is 0 Å². The molecule has 4 amide bonds. The van der Waals surface area contributed by atoms with E-state index < -0.39 is 17.5 Å². The zero-order valence-corrected chi connectivity index (χ0v) is 26.9. The van der Waals surface area contributed by atoms with Crippen molar-refractivity contribution in [2.75, 3.05) is 46.8 Å². The fraction of sp³-hybridized carbons (Fsp3) is 0.871. The number of likely N-dealkylation sites (tertiary alicyclic amines) is 3. The number of likely N-dealkylation sites (N-methyl/N-ethyl adjacent to an activating group) is 3. The molecular formula is C31H56N6O4. The fourth-order valence-electron chi connectivity index (χ4n) is 6.79. The third-order valence-corrected chi connectivity index (χ3v) is 9.35. The molecule has 0 aromatic heterocycles. The Balaban J connectivity index is 1.73. The van der Waals surface area contributed by atoms with E-state index in [0.29, 0.717) is 26.1 Å². The monoisotopic (exact) mass is 576 g/mol. The van der Waals surface area contributed by atoms with Gasteiger partial charge in [-0.25, -0.2) is 0 Å². The largest absolute Gasteiger partial charge is 0.355 e. The highest BCUT2D eigenvalue weighted by atomic mass is 16.2. The van der Waals surface area contributed by atoms with E-state index in [1.807, 2.05) is 41.8 Å². The summed E-state index contributed by atoms with van der Waals surface area (Å²) < 4.78 is 0. The average molecular weight is 577 g/mol. The van der Waals surface area contributed by atoms with E-state index >= 15 is 0 Å². The standard InChI is InChI=1S/C31H56N6O4/c1-9-32-27(38)23-15-13-19-37(23)29(40)24-16-12-18-36(24)20-25(21(2)3)35(8)30(41)26(31(4,5)6)33-28(39)22-14-10-11-17-34(22)7/h21-26H,9-20H2,1-8H3,(H,32,38)(H,33,39)/t22?,23-,24-,25+,26+/m0/s1. The van der Waals surface area contributed by atoms with Gasteiger partial charge in [0, 0.05) is 32.7 Å². The molecule has 0 radical (unpaired) electrons. The Morgan fingerprint density at radius 2 is 1.51 bits per heavy atom. The summed E-state index contributed by atoms with van der Waals surface area (Å²) in [5.74, 6) is -0.0588. The van der Waals surface area contributed by atoms with Gasteiger partial charge in [0.25, 0.3) is 0 Å². The number of nitrogens with one attached hydrogen (secondary N) is 2. The van der Waals surface area contributed by atoms with Crippen LogP contribution in [0, 0.1) is 11.3 Å². The first-order chi connectivity index (χ1) is 19.3. The maximum absolute atomic E-state index is 14.1. The number of hydrogen-bond donors (Lipinski definition) is 2. The fourth-order valence-corrected chi connectivity index (χ4v) is 6.79. The van der Waals surface area contributed by atoms with Gasteiger partial charge in [0.05, 0.1) is 12.1 Å². The summed E-state index contributed by atoms with van der Waals surface area (Å²) in [5, 5.41) is 6.02. The Labute approximate surface area is 247 Å². The quantitative estimate of drug-likeness (QED) is 0.413. The zero-order chi connectivity index (χ0) is 30.5. The Morgan fingerprint density at radius 3 is 2.12 bits per heavy atom. The zero-order valence-electron chi connectivity index (χ0n) is 26.9. The maximum atomic E-state index is 14.1. The van der Waals surface area contributed by atoms with Crippen molar-refractivity contribution in [3.8, 4) is 0 Å². The second-order valence-electron chi connectivity index (χ2n) is 13.8. The van der Waals surface area contributed by atoms with Crippen LogP contribution in [0.1, 0.15) is 86.5 Å². The smallest absolute Gasteiger partial charge is 0.245 e. The first kappa shape index (κ1) is 33.3. The van der Waals surface area contributed by atoms with Gasteiger partial charge < -0.3 is 20.4 Å². The molecule has 0 aromatic carbocycles. The predicted octanol–water partition coefficient (Wildman–Crippen LogP) is 2.08. The van der Waals surface area contributed by atoms with Crippen molar-refractivity contribution in [2.24, 2.45) is 11.3 Å². The maximum Gasteiger partial charge on any atom is 0.245 e. The molecule has 1 unspecified atom stereocenters. The van der Waals surface area contributed by atoms with Gasteiger partial charge in [0.2, 0.25) is 23.6 Å². The molecule has 3 aliphatic rings. The van der Waals surface area contributed by atoms with Crippen molar-refractivity contribution < 1.29 is 19.2 Å². The van der Waals surface area contributed by atoms with Crippen molar-refractivity contribution >= 4 is 23.6 Å². The van der Waals surface area contributed by atoms with Gasteiger partial charge in [0.1, 0.15) is 12.1 Å². The minimum atomic E-state index is -0.657. The molecule has 3 heterocycles. The lowest BCUT2D eigenvalue weighted by molar-refractivity contribution is -0.144. The first-order valence-corrected chi connectivity index (χ1v) is 15.9. The number of carbonyl (C=O) groups is 4. The number of nitrogens with zero attached hydrogens (tertiary/aromatic N) is 4. The highest BCUT2D eigenvalue weighted by molar-refractivity contribution is 5.91. The Kier molecular flexibility index (Phi) is 11.6. The molecule has 5 atom stereocenters. The van der Waals surface area contributed by atoms with Gasteiger partial charge in [0.15, 0.2) is 0 Å². The summed E-state index contributed by atoms with van der Waals surface area (Å²) in [6, 6.07) is -1.68. The van der Waals surface area contributed by atoms with Crippen LogP contribution in [0.5, 0.6) is 0 Å². The van der Waals surface area contributed by atoms with Crippen molar-refractivity contribution in [2.45, 2.75) is 117 Å². The van der Waals surface area contributed by atoms with Crippen LogP contribution in [0.2, 0.25) is 0 Å². The molecule has 0 aliphatic carbocycles. The lowest BCUT2D eigenvalue weighted by atomic mass is 9.84. The highest BCUT2D eigenvalue weighted by Crippen LogP contribution is 2.28. The van der Waals surface area contributed by atoms with E-state index in [2.05, 4.69) is 34.3 Å². The Hall–Kier alpha value is -2.20. The van der Waals surface area contributed by atoms with Crippen LogP contribution in [0.15, 0.2) is 0 Å². The Morgan fingerprint density at radius 1 is 0.878 bits per heavy atom. The summed E-state index contributed by atoms with van der Waals surface area (Å²) >= 11 is 0. The molecule has 3 rings (SSSR count). The van der Waals surface area contributed by atoms with E-state index in [9.17, 15) is 19.2 Å². The van der Waals surface area contributed by atoms with E-state index in [0.717, 1.165) is 51.6 Å². The highest BCUT2D eigenvalue weighted by Gasteiger charge is 2.43. The lowest BCUT2D eigenvalue weighted by Crippen LogP contribution is -2.61. The molecule has 3 aliphatic heterocycles. The SMILES string of the molecule is CCNC(=O)[C@@H]1CCCN1C(=O)[C@@H]1CCCN1C[C@H](C(C)C)N(C)C(=O)[C@@H](NC(=O)C1CCCCN1C)C(C)(C)C. The van der Waals surface area contributed by atoms with Crippen LogP contribution in [0.3, 0.4) is 0 Å². The predicted molar refractivity (Wildman–Crippen MR) is 161 cm³/mol. The van der Waals surface area contributed by atoms with E-state index in [4.69, 9.17) is 0 Å². The summed E-state index contributed by atoms with van der Waals surface area (Å²) in [7, 11) is 3.82. The van der Waals surface area contributed by atoms with E-state index in [1.54, 1.807) is 9.80 Å². The molecule has 10 heteroatoms. The van der Waals surface area contributed by atoms with Crippen molar-refractivity contribution in [3.63, 3.8) is 0 Å². The van der Waals surface area contributed by atoms with Gasteiger partial charge in [-0.15, -0.1) is 0 Å². The van der Waals surface area contributed by atoms with E-state index in [-0.39, 0.29) is 47.7 Å². The number of hydrogen-bond acceptors (Lipinski definition) is 6. The number of amides is 4. The van der Waals surface area contributed by atoms with Crippen molar-refractivity contribution in [3.05, 3.63) is 0 Å². The van der Waals surface area contributed by atoms with Gasteiger partial charge >= 0.3 is 0 Å². The molecule has 234 valence electrons. The molecular weight excluding hydrogens is 520 g/mol. The number of carbonyl (C=O) groups excluding carboxylic acids is 4. The third kappa shape index (κ3) is 8.00. The van der Waals surface area contributed by atoms with Crippen LogP contribution >= 0.6 is 0 Å². The second kappa shape index (κ2) is 14.3. The summed E-state index contributed by atoms with van der Waals surface area (Å²) in [6.07, 6.45) is 6.12. The topological polar surface area (TPSA) is 105 Å². The van der Waals surface area contributed by atoms with Gasteiger partial charge in [-0.05, 0) is 76.9 Å². The minimum absolute atomic E-state index is 0.0316. The number of piperidine rings is 1. The molecule has 0 saturated carbocycles. The summed E-state index contributed by atoms with van der Waals surface area (Å²) in [5.41, 5.74) is -0.467. The van der Waals surface area contributed by atoms with Crippen molar-refractivity contribution in [1.82, 2.24) is 30.2 Å². The van der Waals surface area contributed by atoms with Gasteiger partial charge in [-0.3, -0.25) is 29.0 Å². The van der Waals surface area contributed by atoms with Crippen LogP contribution in [-0.4, -0.2) is 120 Å². The van der Waals surface area contributed by atoms with Crippen LogP contribution in [0.25, 0.3) is 0 Å². The summed E-state index contributed by atoms with van der Waals surface area (Å²) in [6.45, 7) is 15.5. The third-order valence-electron chi connectivity index (χ3n) is 9.35. The first-order valence-electron chi connectivity index (χ1n) is 15.9. The lowest BCUT2D eigenvalue weighted by Gasteiger charge is -2.41. The minimum Gasteiger partial charge on any atom is -0.355 e. The molecule has 3 saturated heterocycles.